The van der Waals surface area contributed by atoms with Crippen LogP contribution in [0.3, 0.4) is 0 Å². The maximum Gasteiger partial charge on any atom is 0.0991 e. The molecule has 1 aliphatic carbocycles. The van der Waals surface area contributed by atoms with E-state index < -0.39 is 0 Å². The molecule has 146 valence electrons. The second-order valence-electron chi connectivity index (χ2n) is 8.19. The molecule has 0 unspecified atom stereocenters. The monoisotopic (exact) mass is 383 g/mol. The smallest absolute Gasteiger partial charge is 0.0991 e. The van der Waals surface area contributed by atoms with Gasteiger partial charge in [0, 0.05) is 24.2 Å². The highest BCUT2D eigenvalue weighted by atomic mass is 15.1. The number of rotatable bonds is 3. The van der Waals surface area contributed by atoms with Gasteiger partial charge >= 0.3 is 0 Å². The van der Waals surface area contributed by atoms with E-state index in [1.807, 2.05) is 12.1 Å². The number of nitrogens with zero attached hydrogens (tertiary/aromatic N) is 3. The van der Waals surface area contributed by atoms with Crippen molar-refractivity contribution >= 4 is 22.2 Å². The molecule has 0 fully saturated rings. The number of aromatic amines is 1. The average Bonchev–Trinajstić information content (AvgIpc) is 3.17. The Hall–Kier alpha value is -3.10. The summed E-state index contributed by atoms with van der Waals surface area (Å²) in [6, 6.07) is 15.1. The van der Waals surface area contributed by atoms with Crippen molar-refractivity contribution in [3.63, 3.8) is 0 Å². The molecule has 0 radical (unpaired) electrons. The van der Waals surface area contributed by atoms with Gasteiger partial charge in [-0.3, -0.25) is 5.10 Å². The van der Waals surface area contributed by atoms with Gasteiger partial charge in [-0.2, -0.15) is 10.4 Å². The quantitative estimate of drug-likeness (QED) is 0.691. The number of benzene rings is 2. The largest absolute Gasteiger partial charge is 0.378 e. The minimum absolute atomic E-state index is 0.279. The van der Waals surface area contributed by atoms with Gasteiger partial charge in [0.25, 0.3) is 0 Å². The van der Waals surface area contributed by atoms with E-state index in [1.54, 1.807) is 0 Å². The fourth-order valence-corrected chi connectivity index (χ4v) is 4.57. The van der Waals surface area contributed by atoms with Crippen molar-refractivity contribution in [2.75, 3.05) is 25.5 Å². The fraction of sp³-hybridized carbons (Fsp3) is 0.333. The van der Waals surface area contributed by atoms with Gasteiger partial charge in [0.05, 0.1) is 28.9 Å². The van der Waals surface area contributed by atoms with E-state index in [2.05, 4.69) is 63.9 Å². The molecule has 0 saturated heterocycles. The highest BCUT2D eigenvalue weighted by molar-refractivity contribution is 5.92. The van der Waals surface area contributed by atoms with Crippen molar-refractivity contribution in [2.45, 2.75) is 31.7 Å². The second kappa shape index (κ2) is 7.38. The van der Waals surface area contributed by atoms with Crippen LogP contribution in [0, 0.1) is 11.3 Å². The Morgan fingerprint density at radius 3 is 2.97 bits per heavy atom. The van der Waals surface area contributed by atoms with Crippen LogP contribution in [0.5, 0.6) is 0 Å². The van der Waals surface area contributed by atoms with Gasteiger partial charge in [-0.25, -0.2) is 0 Å². The molecule has 1 aliphatic heterocycles. The van der Waals surface area contributed by atoms with Gasteiger partial charge in [0.2, 0.25) is 0 Å². The Balaban J connectivity index is 1.45. The maximum atomic E-state index is 9.19. The number of hydrogen-bond acceptors (Lipinski definition) is 4. The summed E-state index contributed by atoms with van der Waals surface area (Å²) in [5.74, 6) is 0. The molecule has 2 heterocycles. The number of aryl methyl sites for hydroxylation is 1. The molecule has 3 aromatic rings. The zero-order chi connectivity index (χ0) is 19.8. The molecular weight excluding hydrogens is 358 g/mol. The predicted molar refractivity (Wildman–Crippen MR) is 117 cm³/mol. The van der Waals surface area contributed by atoms with Crippen molar-refractivity contribution in [1.82, 2.24) is 15.1 Å². The molecule has 0 saturated carbocycles. The molecule has 2 aromatic carbocycles. The molecule has 2 aliphatic rings. The number of nitrogens with one attached hydrogen (secondary N) is 2. The summed E-state index contributed by atoms with van der Waals surface area (Å²) in [6.07, 6.45) is 6.62. The zero-order valence-corrected chi connectivity index (χ0v) is 16.7. The molecule has 1 atom stereocenters. The molecule has 2 N–H and O–H groups in total. The normalized spacial score (nSPS) is 19.4. The summed E-state index contributed by atoms with van der Waals surface area (Å²) in [7, 11) is 2.15. The predicted octanol–water partition coefficient (Wildman–Crippen LogP) is 4.64. The Bertz CT molecular complexity index is 1130. The lowest BCUT2D eigenvalue weighted by Crippen LogP contribution is -2.23. The van der Waals surface area contributed by atoms with Crippen LogP contribution in [0.15, 0.2) is 42.5 Å². The summed E-state index contributed by atoms with van der Waals surface area (Å²) in [5, 5.41) is 21.9. The van der Waals surface area contributed by atoms with Crippen molar-refractivity contribution in [2.24, 2.45) is 0 Å². The summed E-state index contributed by atoms with van der Waals surface area (Å²) >= 11 is 0. The van der Waals surface area contributed by atoms with E-state index in [-0.39, 0.29) is 6.04 Å². The lowest BCUT2D eigenvalue weighted by atomic mass is 9.86. The molecular formula is C24H25N5. The lowest BCUT2D eigenvalue weighted by molar-refractivity contribution is 0.370. The SMILES string of the molecule is CN1CC=C(c2n[nH]c3ccc(N[C@H]4CCCc5cc(C#N)ccc54)cc23)CC1. The highest BCUT2D eigenvalue weighted by Gasteiger charge is 2.21. The van der Waals surface area contributed by atoms with Crippen LogP contribution in [0.25, 0.3) is 16.5 Å². The zero-order valence-electron chi connectivity index (χ0n) is 16.7. The topological polar surface area (TPSA) is 67.7 Å². The van der Waals surface area contributed by atoms with Gasteiger partial charge in [-0.15, -0.1) is 0 Å². The fourth-order valence-electron chi connectivity index (χ4n) is 4.57. The van der Waals surface area contributed by atoms with Crippen LogP contribution >= 0.6 is 0 Å². The van der Waals surface area contributed by atoms with E-state index in [1.165, 1.54) is 22.1 Å². The van der Waals surface area contributed by atoms with E-state index in [4.69, 9.17) is 0 Å². The Labute approximate surface area is 171 Å². The maximum absolute atomic E-state index is 9.19. The third-order valence-corrected chi connectivity index (χ3v) is 6.21. The van der Waals surface area contributed by atoms with E-state index >= 15 is 0 Å². The summed E-state index contributed by atoms with van der Waals surface area (Å²) in [6.45, 7) is 2.05. The summed E-state index contributed by atoms with van der Waals surface area (Å²) < 4.78 is 0. The van der Waals surface area contributed by atoms with Gasteiger partial charge in [-0.05, 0) is 79.8 Å². The number of anilines is 1. The van der Waals surface area contributed by atoms with Crippen LogP contribution in [-0.4, -0.2) is 35.2 Å². The Morgan fingerprint density at radius 2 is 2.14 bits per heavy atom. The standard InChI is InChI=1S/C24H25N5/c1-29-11-9-17(10-12-29)24-21-14-19(6-8-23(21)27-28-24)26-22-4-2-3-18-13-16(15-25)5-7-20(18)22/h5-9,13-14,22,26H,2-4,10-12H2,1H3,(H,27,28)/t22-/m0/s1. The molecule has 5 nitrogen and oxygen atoms in total. The van der Waals surface area contributed by atoms with Crippen molar-refractivity contribution < 1.29 is 0 Å². The van der Waals surface area contributed by atoms with E-state index in [9.17, 15) is 5.26 Å². The first kappa shape index (κ1) is 18.0. The number of nitriles is 1. The van der Waals surface area contributed by atoms with Gasteiger partial charge in [-0.1, -0.05) is 12.1 Å². The van der Waals surface area contributed by atoms with E-state index in [0.717, 1.165) is 61.2 Å². The Morgan fingerprint density at radius 1 is 1.21 bits per heavy atom. The molecule has 0 amide bonds. The molecule has 0 spiro atoms. The molecule has 5 rings (SSSR count). The highest BCUT2D eigenvalue weighted by Crippen LogP contribution is 2.35. The number of hydrogen-bond donors (Lipinski definition) is 2. The Kier molecular flexibility index (Phi) is 4.57. The first-order chi connectivity index (χ1) is 14.2. The minimum atomic E-state index is 0.279. The number of fused-ring (bicyclic) bond motifs is 2. The number of likely N-dealkylation sites (N-methyl/N-ethyl adjacent to an activating group) is 1. The van der Waals surface area contributed by atoms with Crippen LogP contribution in [0.1, 0.15) is 47.7 Å². The first-order valence-electron chi connectivity index (χ1n) is 10.4. The summed E-state index contributed by atoms with van der Waals surface area (Å²) in [5.41, 5.74) is 7.98. The third kappa shape index (κ3) is 3.41. The molecule has 0 bridgehead atoms. The summed E-state index contributed by atoms with van der Waals surface area (Å²) in [4.78, 5) is 2.32. The average molecular weight is 383 g/mol. The number of H-pyrrole nitrogens is 1. The van der Waals surface area contributed by atoms with Crippen molar-refractivity contribution in [1.29, 1.82) is 5.26 Å². The van der Waals surface area contributed by atoms with Crippen LogP contribution in [-0.2, 0) is 6.42 Å². The lowest BCUT2D eigenvalue weighted by Gasteiger charge is -2.27. The van der Waals surface area contributed by atoms with Gasteiger partial charge in [0.15, 0.2) is 0 Å². The molecule has 1 aromatic heterocycles. The molecule has 5 heteroatoms. The van der Waals surface area contributed by atoms with Crippen LogP contribution < -0.4 is 5.32 Å². The van der Waals surface area contributed by atoms with Gasteiger partial charge < -0.3 is 10.2 Å². The first-order valence-corrected chi connectivity index (χ1v) is 10.4. The number of aromatic nitrogens is 2. The van der Waals surface area contributed by atoms with Crippen molar-refractivity contribution in [3.05, 3.63) is 64.9 Å². The van der Waals surface area contributed by atoms with Crippen LogP contribution in [0.4, 0.5) is 5.69 Å². The third-order valence-electron chi connectivity index (χ3n) is 6.21. The van der Waals surface area contributed by atoms with Crippen molar-refractivity contribution in [3.8, 4) is 6.07 Å². The van der Waals surface area contributed by atoms with Crippen LogP contribution in [0.2, 0.25) is 0 Å². The van der Waals surface area contributed by atoms with E-state index in [0.29, 0.717) is 0 Å². The van der Waals surface area contributed by atoms with Gasteiger partial charge in [0.1, 0.15) is 0 Å². The minimum Gasteiger partial charge on any atom is -0.378 e. The second-order valence-corrected chi connectivity index (χ2v) is 8.19. The molecule has 29 heavy (non-hydrogen) atoms.